The van der Waals surface area contributed by atoms with Gasteiger partial charge in [0.25, 0.3) is 0 Å². The molecule has 3 nitrogen and oxygen atoms in total. The molecular formula is C13H14O3. The highest BCUT2D eigenvalue weighted by Crippen LogP contribution is 2.27. The van der Waals surface area contributed by atoms with Gasteiger partial charge in [-0.1, -0.05) is 6.07 Å². The third kappa shape index (κ3) is 1.95. The van der Waals surface area contributed by atoms with Crippen LogP contribution in [0.3, 0.4) is 0 Å². The van der Waals surface area contributed by atoms with E-state index in [0.717, 1.165) is 16.9 Å². The maximum Gasteiger partial charge on any atom is 0.137 e. The van der Waals surface area contributed by atoms with Gasteiger partial charge < -0.3 is 14.3 Å². The van der Waals surface area contributed by atoms with Gasteiger partial charge in [-0.25, -0.2) is 0 Å². The lowest BCUT2D eigenvalue weighted by molar-refractivity contribution is 0.188. The molecule has 0 saturated carbocycles. The Hall–Kier alpha value is -1.74. The minimum absolute atomic E-state index is 0.549. The Bertz CT molecular complexity index is 460. The maximum atomic E-state index is 10.1. The average molecular weight is 218 g/mol. The molecule has 0 aliphatic heterocycles. The van der Waals surface area contributed by atoms with E-state index in [-0.39, 0.29) is 0 Å². The highest BCUT2D eigenvalue weighted by Gasteiger charge is 2.15. The Morgan fingerprint density at radius 3 is 2.69 bits per heavy atom. The summed E-state index contributed by atoms with van der Waals surface area (Å²) in [6, 6.07) is 9.09. The summed E-state index contributed by atoms with van der Waals surface area (Å²) < 4.78 is 10.3. The zero-order valence-corrected chi connectivity index (χ0v) is 9.31. The van der Waals surface area contributed by atoms with E-state index in [1.165, 1.54) is 0 Å². The number of hydrogen-bond acceptors (Lipinski definition) is 3. The van der Waals surface area contributed by atoms with Gasteiger partial charge in [0.05, 0.1) is 13.4 Å². The summed E-state index contributed by atoms with van der Waals surface area (Å²) in [4.78, 5) is 0. The molecule has 0 saturated heterocycles. The van der Waals surface area contributed by atoms with Gasteiger partial charge in [0, 0.05) is 0 Å². The van der Waals surface area contributed by atoms with Crippen LogP contribution >= 0.6 is 0 Å². The van der Waals surface area contributed by atoms with E-state index in [4.69, 9.17) is 9.15 Å². The van der Waals surface area contributed by atoms with Crippen LogP contribution in [0, 0.1) is 6.92 Å². The molecule has 0 radical (unpaired) electrons. The normalized spacial score (nSPS) is 12.4. The Morgan fingerprint density at radius 2 is 2.12 bits per heavy atom. The van der Waals surface area contributed by atoms with Crippen LogP contribution in [0.2, 0.25) is 0 Å². The van der Waals surface area contributed by atoms with Gasteiger partial charge in [-0.05, 0) is 42.3 Å². The van der Waals surface area contributed by atoms with E-state index in [1.54, 1.807) is 25.5 Å². The number of aliphatic hydroxyl groups is 1. The molecule has 1 heterocycles. The van der Waals surface area contributed by atoms with E-state index in [9.17, 15) is 5.11 Å². The van der Waals surface area contributed by atoms with Gasteiger partial charge in [-0.3, -0.25) is 0 Å². The van der Waals surface area contributed by atoms with Gasteiger partial charge in [-0.15, -0.1) is 0 Å². The third-order valence-electron chi connectivity index (χ3n) is 2.58. The fraction of sp³-hybridized carbons (Fsp3) is 0.231. The van der Waals surface area contributed by atoms with E-state index >= 15 is 0 Å². The van der Waals surface area contributed by atoms with Crippen molar-refractivity contribution >= 4 is 0 Å². The molecule has 0 bridgehead atoms. The summed E-state index contributed by atoms with van der Waals surface area (Å²) in [5.74, 6) is 1.33. The molecule has 1 N–H and O–H groups in total. The van der Waals surface area contributed by atoms with Crippen LogP contribution in [0.1, 0.15) is 23.0 Å². The standard InChI is InChI=1S/C13H14O3/c1-9-8-10(15-2)5-6-11(9)13(14)12-4-3-7-16-12/h3-8,13-14H,1-2H3/t13-/m0/s1. The minimum Gasteiger partial charge on any atom is -0.497 e. The molecule has 2 rings (SSSR count). The second-order valence-electron chi connectivity index (χ2n) is 3.64. The molecule has 1 aromatic heterocycles. The van der Waals surface area contributed by atoms with Crippen molar-refractivity contribution in [2.45, 2.75) is 13.0 Å². The van der Waals surface area contributed by atoms with E-state index in [1.807, 2.05) is 25.1 Å². The first-order chi connectivity index (χ1) is 7.72. The second kappa shape index (κ2) is 4.41. The van der Waals surface area contributed by atoms with E-state index in [0.29, 0.717) is 5.76 Å². The first-order valence-corrected chi connectivity index (χ1v) is 5.08. The number of hydrogen-bond donors (Lipinski definition) is 1. The zero-order valence-electron chi connectivity index (χ0n) is 9.31. The number of ether oxygens (including phenoxy) is 1. The lowest BCUT2D eigenvalue weighted by atomic mass is 10.0. The van der Waals surface area contributed by atoms with Gasteiger partial charge in [-0.2, -0.15) is 0 Å². The summed E-state index contributed by atoms with van der Waals surface area (Å²) in [5, 5.41) is 10.1. The number of methoxy groups -OCH3 is 1. The molecule has 0 amide bonds. The molecule has 0 unspecified atom stereocenters. The summed E-state index contributed by atoms with van der Waals surface area (Å²) >= 11 is 0. The van der Waals surface area contributed by atoms with Crippen molar-refractivity contribution in [1.29, 1.82) is 0 Å². The van der Waals surface area contributed by atoms with Gasteiger partial charge in [0.15, 0.2) is 0 Å². The number of rotatable bonds is 3. The van der Waals surface area contributed by atoms with Crippen LogP contribution in [0.15, 0.2) is 41.0 Å². The summed E-state index contributed by atoms with van der Waals surface area (Å²) in [6.45, 7) is 1.93. The smallest absolute Gasteiger partial charge is 0.137 e. The zero-order chi connectivity index (χ0) is 11.5. The van der Waals surface area contributed by atoms with Crippen molar-refractivity contribution < 1.29 is 14.3 Å². The molecule has 84 valence electrons. The molecular weight excluding hydrogens is 204 g/mol. The first-order valence-electron chi connectivity index (χ1n) is 5.08. The van der Waals surface area contributed by atoms with Crippen molar-refractivity contribution in [3.05, 3.63) is 53.5 Å². The molecule has 0 spiro atoms. The Kier molecular flexibility index (Phi) is 2.97. The summed E-state index contributed by atoms with van der Waals surface area (Å²) in [6.07, 6.45) is 0.832. The molecule has 3 heteroatoms. The van der Waals surface area contributed by atoms with Crippen molar-refractivity contribution in [2.24, 2.45) is 0 Å². The Balaban J connectivity index is 2.34. The van der Waals surface area contributed by atoms with Crippen molar-refractivity contribution in [1.82, 2.24) is 0 Å². The molecule has 1 atom stereocenters. The number of benzene rings is 1. The van der Waals surface area contributed by atoms with Crippen molar-refractivity contribution in [2.75, 3.05) is 7.11 Å². The molecule has 0 aliphatic carbocycles. The van der Waals surface area contributed by atoms with Crippen LogP contribution in [0.5, 0.6) is 5.75 Å². The van der Waals surface area contributed by atoms with Crippen molar-refractivity contribution in [3.8, 4) is 5.75 Å². The predicted octanol–water partition coefficient (Wildman–Crippen LogP) is 2.68. The van der Waals surface area contributed by atoms with Gasteiger partial charge in [0.1, 0.15) is 17.6 Å². The fourth-order valence-corrected chi connectivity index (χ4v) is 1.68. The number of furan rings is 1. The quantitative estimate of drug-likeness (QED) is 0.861. The lowest BCUT2D eigenvalue weighted by Gasteiger charge is -2.12. The third-order valence-corrected chi connectivity index (χ3v) is 2.58. The number of aliphatic hydroxyl groups excluding tert-OH is 1. The summed E-state index contributed by atoms with van der Waals surface area (Å²) in [7, 11) is 1.62. The Morgan fingerprint density at radius 1 is 1.31 bits per heavy atom. The van der Waals surface area contributed by atoms with Crippen LogP contribution in [0.4, 0.5) is 0 Å². The second-order valence-corrected chi connectivity index (χ2v) is 3.64. The molecule has 1 aromatic carbocycles. The highest BCUT2D eigenvalue weighted by molar-refractivity contribution is 5.38. The van der Waals surface area contributed by atoms with Crippen LogP contribution in [-0.4, -0.2) is 12.2 Å². The SMILES string of the molecule is COc1ccc([C@H](O)c2ccco2)c(C)c1. The monoisotopic (exact) mass is 218 g/mol. The average Bonchev–Trinajstić information content (AvgIpc) is 2.81. The summed E-state index contributed by atoms with van der Waals surface area (Å²) in [5.41, 5.74) is 1.80. The fourth-order valence-electron chi connectivity index (χ4n) is 1.68. The van der Waals surface area contributed by atoms with E-state index < -0.39 is 6.10 Å². The highest BCUT2D eigenvalue weighted by atomic mass is 16.5. The minimum atomic E-state index is -0.721. The van der Waals surface area contributed by atoms with Crippen LogP contribution in [0.25, 0.3) is 0 Å². The largest absolute Gasteiger partial charge is 0.497 e. The molecule has 2 aromatic rings. The molecule has 16 heavy (non-hydrogen) atoms. The topological polar surface area (TPSA) is 42.6 Å². The Labute approximate surface area is 94.3 Å². The molecule has 0 fully saturated rings. The van der Waals surface area contributed by atoms with Crippen LogP contribution < -0.4 is 4.74 Å². The molecule has 0 aliphatic rings. The lowest BCUT2D eigenvalue weighted by Crippen LogP contribution is -2.00. The van der Waals surface area contributed by atoms with Gasteiger partial charge in [0.2, 0.25) is 0 Å². The van der Waals surface area contributed by atoms with Crippen LogP contribution in [-0.2, 0) is 0 Å². The van der Waals surface area contributed by atoms with E-state index in [2.05, 4.69) is 0 Å². The maximum absolute atomic E-state index is 10.1. The number of aryl methyl sites for hydroxylation is 1. The first kappa shape index (κ1) is 10.8. The predicted molar refractivity (Wildman–Crippen MR) is 60.5 cm³/mol. The van der Waals surface area contributed by atoms with Gasteiger partial charge >= 0.3 is 0 Å². The van der Waals surface area contributed by atoms with Crippen molar-refractivity contribution in [3.63, 3.8) is 0 Å².